The number of fused-ring (bicyclic) bond motifs is 2. The van der Waals surface area contributed by atoms with Gasteiger partial charge in [0.25, 0.3) is 5.56 Å². The molecule has 1 amide bonds. The molecule has 126 valence electrons. The standard InChI is InChI=1S/C18H21N3O3/c22-12-18-7-3-5-14(18)9-20(11-18)16(23)10-21-17(24)15-6-2-1-4-13(15)8-19-21/h1-2,4,6,8,14,22H,3,5,7,9-12H2. The summed E-state index contributed by atoms with van der Waals surface area (Å²) in [6, 6.07) is 7.25. The van der Waals surface area contributed by atoms with Gasteiger partial charge in [0.05, 0.1) is 18.2 Å². The Morgan fingerprint density at radius 3 is 3.00 bits per heavy atom. The van der Waals surface area contributed by atoms with Crippen LogP contribution in [0.15, 0.2) is 35.3 Å². The zero-order chi connectivity index (χ0) is 16.7. The summed E-state index contributed by atoms with van der Waals surface area (Å²) in [5, 5.41) is 15.3. The van der Waals surface area contributed by atoms with E-state index in [4.69, 9.17) is 0 Å². The quantitative estimate of drug-likeness (QED) is 0.913. The van der Waals surface area contributed by atoms with Gasteiger partial charge in [0, 0.05) is 23.9 Å². The van der Waals surface area contributed by atoms with Gasteiger partial charge in [-0.25, -0.2) is 4.68 Å². The fourth-order valence-electron chi connectivity index (χ4n) is 4.33. The molecule has 0 bridgehead atoms. The molecular weight excluding hydrogens is 306 g/mol. The monoisotopic (exact) mass is 327 g/mol. The van der Waals surface area contributed by atoms with Crippen LogP contribution < -0.4 is 5.56 Å². The summed E-state index contributed by atoms with van der Waals surface area (Å²) in [5.41, 5.74) is -0.366. The highest BCUT2D eigenvalue weighted by atomic mass is 16.3. The minimum Gasteiger partial charge on any atom is -0.396 e. The Bertz CT molecular complexity index is 847. The minimum atomic E-state index is -0.238. The van der Waals surface area contributed by atoms with Crippen LogP contribution in [0.5, 0.6) is 0 Å². The van der Waals surface area contributed by atoms with E-state index in [1.807, 2.05) is 18.2 Å². The first kappa shape index (κ1) is 15.3. The number of amides is 1. The van der Waals surface area contributed by atoms with Crippen LogP contribution in [0.4, 0.5) is 0 Å². The number of carbonyl (C=O) groups excluding carboxylic acids is 1. The SMILES string of the molecule is O=C(Cn1ncc2ccccc2c1=O)N1CC2CCCC2(CO)C1. The second-order valence-electron chi connectivity index (χ2n) is 7.08. The van der Waals surface area contributed by atoms with Gasteiger partial charge in [-0.2, -0.15) is 5.10 Å². The third-order valence-electron chi connectivity index (χ3n) is 5.75. The Labute approximate surface area is 139 Å². The predicted molar refractivity (Wildman–Crippen MR) is 89.4 cm³/mol. The number of rotatable bonds is 3. The number of aromatic nitrogens is 2. The van der Waals surface area contributed by atoms with E-state index in [-0.39, 0.29) is 30.0 Å². The van der Waals surface area contributed by atoms with Gasteiger partial charge in [-0.05, 0) is 24.8 Å². The normalized spacial score (nSPS) is 26.0. The maximum Gasteiger partial charge on any atom is 0.275 e. The molecule has 1 N–H and O–H groups in total. The predicted octanol–water partition coefficient (Wildman–Crippen LogP) is 1.02. The molecule has 2 unspecified atom stereocenters. The van der Waals surface area contributed by atoms with Crippen LogP contribution >= 0.6 is 0 Å². The first-order valence-corrected chi connectivity index (χ1v) is 8.46. The van der Waals surface area contributed by atoms with Gasteiger partial charge in [0.1, 0.15) is 6.54 Å². The Balaban J connectivity index is 1.55. The summed E-state index contributed by atoms with van der Waals surface area (Å²) < 4.78 is 1.24. The number of benzene rings is 1. The van der Waals surface area contributed by atoms with Crippen molar-refractivity contribution >= 4 is 16.7 Å². The number of hydrogen-bond acceptors (Lipinski definition) is 4. The smallest absolute Gasteiger partial charge is 0.275 e. The number of nitrogens with zero attached hydrogens (tertiary/aromatic N) is 3. The number of likely N-dealkylation sites (tertiary alicyclic amines) is 1. The van der Waals surface area contributed by atoms with Crippen LogP contribution in [0, 0.1) is 11.3 Å². The number of carbonyl (C=O) groups is 1. The second-order valence-corrected chi connectivity index (χ2v) is 7.08. The van der Waals surface area contributed by atoms with Crippen molar-refractivity contribution in [2.75, 3.05) is 19.7 Å². The maximum atomic E-state index is 12.6. The van der Waals surface area contributed by atoms with Crippen LogP contribution in [0.25, 0.3) is 10.8 Å². The third kappa shape index (κ3) is 2.33. The van der Waals surface area contributed by atoms with E-state index in [2.05, 4.69) is 5.10 Å². The molecule has 1 aromatic carbocycles. The van der Waals surface area contributed by atoms with Crippen LogP contribution in [0.3, 0.4) is 0 Å². The molecular formula is C18H21N3O3. The number of aliphatic hydroxyl groups is 1. The van der Waals surface area contributed by atoms with Crippen molar-refractivity contribution < 1.29 is 9.90 Å². The lowest BCUT2D eigenvalue weighted by molar-refractivity contribution is -0.131. The van der Waals surface area contributed by atoms with Crippen molar-refractivity contribution in [2.45, 2.75) is 25.8 Å². The van der Waals surface area contributed by atoms with Crippen LogP contribution in [-0.2, 0) is 11.3 Å². The minimum absolute atomic E-state index is 0.0438. The van der Waals surface area contributed by atoms with E-state index in [1.165, 1.54) is 4.68 Å². The van der Waals surface area contributed by atoms with Crippen molar-refractivity contribution in [3.63, 3.8) is 0 Å². The van der Waals surface area contributed by atoms with Gasteiger partial charge in [0.2, 0.25) is 5.91 Å². The highest BCUT2D eigenvalue weighted by molar-refractivity contribution is 5.81. The maximum absolute atomic E-state index is 12.6. The zero-order valence-electron chi connectivity index (χ0n) is 13.5. The molecule has 6 nitrogen and oxygen atoms in total. The molecule has 2 aromatic rings. The molecule has 2 fully saturated rings. The molecule has 0 spiro atoms. The van der Waals surface area contributed by atoms with Gasteiger partial charge in [0.15, 0.2) is 0 Å². The molecule has 2 atom stereocenters. The van der Waals surface area contributed by atoms with E-state index in [0.29, 0.717) is 24.4 Å². The van der Waals surface area contributed by atoms with Gasteiger partial charge in [-0.15, -0.1) is 0 Å². The molecule has 2 aliphatic rings. The molecule has 1 aromatic heterocycles. The lowest BCUT2D eigenvalue weighted by Gasteiger charge is -2.25. The first-order valence-electron chi connectivity index (χ1n) is 8.46. The van der Waals surface area contributed by atoms with Gasteiger partial charge in [-0.1, -0.05) is 24.6 Å². The fraction of sp³-hybridized carbons (Fsp3) is 0.500. The largest absolute Gasteiger partial charge is 0.396 e. The molecule has 1 aliphatic heterocycles. The molecule has 1 saturated carbocycles. The third-order valence-corrected chi connectivity index (χ3v) is 5.75. The molecule has 1 aliphatic carbocycles. The van der Waals surface area contributed by atoms with Crippen LogP contribution in [-0.4, -0.2) is 45.4 Å². The van der Waals surface area contributed by atoms with E-state index in [1.54, 1.807) is 17.2 Å². The highest BCUT2D eigenvalue weighted by Gasteiger charge is 2.50. The summed E-state index contributed by atoms with van der Waals surface area (Å²) in [7, 11) is 0. The van der Waals surface area contributed by atoms with E-state index >= 15 is 0 Å². The Morgan fingerprint density at radius 1 is 1.38 bits per heavy atom. The van der Waals surface area contributed by atoms with Crippen molar-refractivity contribution in [1.82, 2.24) is 14.7 Å². The van der Waals surface area contributed by atoms with E-state index < -0.39 is 0 Å². The van der Waals surface area contributed by atoms with Crippen molar-refractivity contribution in [1.29, 1.82) is 0 Å². The fourth-order valence-corrected chi connectivity index (χ4v) is 4.33. The lowest BCUT2D eigenvalue weighted by atomic mass is 9.82. The number of aliphatic hydroxyl groups excluding tert-OH is 1. The van der Waals surface area contributed by atoms with Gasteiger partial charge in [-0.3, -0.25) is 9.59 Å². The Kier molecular flexibility index (Phi) is 3.64. The lowest BCUT2D eigenvalue weighted by Crippen LogP contribution is -2.38. The van der Waals surface area contributed by atoms with Crippen LogP contribution in [0.2, 0.25) is 0 Å². The van der Waals surface area contributed by atoms with E-state index in [9.17, 15) is 14.7 Å². The number of hydrogen-bond donors (Lipinski definition) is 1. The zero-order valence-corrected chi connectivity index (χ0v) is 13.5. The molecule has 6 heteroatoms. The summed E-state index contributed by atoms with van der Waals surface area (Å²) in [4.78, 5) is 26.9. The van der Waals surface area contributed by atoms with E-state index in [0.717, 1.165) is 24.6 Å². The molecule has 2 heterocycles. The van der Waals surface area contributed by atoms with Crippen LogP contribution in [0.1, 0.15) is 19.3 Å². The van der Waals surface area contributed by atoms with Crippen molar-refractivity contribution in [3.05, 3.63) is 40.8 Å². The summed E-state index contributed by atoms with van der Waals surface area (Å²) in [6.45, 7) is 1.37. The molecule has 0 radical (unpaired) electrons. The van der Waals surface area contributed by atoms with Crippen molar-refractivity contribution in [3.8, 4) is 0 Å². The summed E-state index contributed by atoms with van der Waals surface area (Å²) >= 11 is 0. The first-order chi connectivity index (χ1) is 11.6. The molecule has 24 heavy (non-hydrogen) atoms. The highest BCUT2D eigenvalue weighted by Crippen LogP contribution is 2.48. The topological polar surface area (TPSA) is 75.4 Å². The molecule has 1 saturated heterocycles. The Morgan fingerprint density at radius 2 is 2.21 bits per heavy atom. The Hall–Kier alpha value is -2.21. The van der Waals surface area contributed by atoms with Gasteiger partial charge >= 0.3 is 0 Å². The average Bonchev–Trinajstić information content (AvgIpc) is 3.15. The molecule has 4 rings (SSSR count). The summed E-state index contributed by atoms with van der Waals surface area (Å²) in [6.07, 6.45) is 4.79. The van der Waals surface area contributed by atoms with Gasteiger partial charge < -0.3 is 10.0 Å². The summed E-state index contributed by atoms with van der Waals surface area (Å²) in [5.74, 6) is 0.287. The second kappa shape index (κ2) is 5.70. The average molecular weight is 327 g/mol. The van der Waals surface area contributed by atoms with Crippen molar-refractivity contribution in [2.24, 2.45) is 11.3 Å².